The van der Waals surface area contributed by atoms with Gasteiger partial charge in [-0.1, -0.05) is 12.1 Å². The maximum atomic E-state index is 12.5. The van der Waals surface area contributed by atoms with Crippen LogP contribution in [0, 0.1) is 17.2 Å². The van der Waals surface area contributed by atoms with Crippen molar-refractivity contribution in [2.45, 2.75) is 18.9 Å². The van der Waals surface area contributed by atoms with Crippen molar-refractivity contribution in [3.05, 3.63) is 47.7 Å². The lowest BCUT2D eigenvalue weighted by atomic mass is 9.84. The van der Waals surface area contributed by atoms with Crippen molar-refractivity contribution in [1.29, 1.82) is 5.26 Å². The molecule has 3 saturated heterocycles. The van der Waals surface area contributed by atoms with E-state index in [1.165, 1.54) is 0 Å². The van der Waals surface area contributed by atoms with Crippen molar-refractivity contribution in [1.82, 2.24) is 10.2 Å². The van der Waals surface area contributed by atoms with Gasteiger partial charge < -0.3 is 14.6 Å². The highest BCUT2D eigenvalue weighted by molar-refractivity contribution is 5.92. The summed E-state index contributed by atoms with van der Waals surface area (Å²) in [5, 5.41) is 12.3. The van der Waals surface area contributed by atoms with Gasteiger partial charge in [-0.25, -0.2) is 0 Å². The van der Waals surface area contributed by atoms with E-state index in [9.17, 15) is 10.1 Å². The number of hydrogen-bond donors (Lipinski definition) is 1. The van der Waals surface area contributed by atoms with Crippen LogP contribution in [0.2, 0.25) is 0 Å². The first-order valence-corrected chi connectivity index (χ1v) is 8.37. The van der Waals surface area contributed by atoms with Crippen LogP contribution in [0.4, 0.5) is 0 Å². The van der Waals surface area contributed by atoms with Crippen LogP contribution in [0.15, 0.2) is 40.8 Å². The summed E-state index contributed by atoms with van der Waals surface area (Å²) in [5.74, 6) is 1.25. The van der Waals surface area contributed by atoms with Gasteiger partial charge in [-0.15, -0.1) is 0 Å². The number of nitrogens with one attached hydrogen (secondary N) is 1. The zero-order valence-electron chi connectivity index (χ0n) is 13.4. The number of carbonyl (C=O) groups excluding carboxylic acids is 1. The van der Waals surface area contributed by atoms with Crippen LogP contribution in [0.25, 0.3) is 11.3 Å². The molecule has 1 aromatic heterocycles. The highest BCUT2D eigenvalue weighted by Gasteiger charge is 2.35. The molecule has 5 heteroatoms. The smallest absolute Gasteiger partial charge is 0.287 e. The number of fused-ring (bicyclic) bond motifs is 3. The van der Waals surface area contributed by atoms with Crippen LogP contribution in [0.1, 0.15) is 29.0 Å². The summed E-state index contributed by atoms with van der Waals surface area (Å²) in [7, 11) is 0. The second-order valence-corrected chi connectivity index (χ2v) is 6.54. The van der Waals surface area contributed by atoms with E-state index in [0.717, 1.165) is 32.5 Å². The van der Waals surface area contributed by atoms with Gasteiger partial charge in [-0.3, -0.25) is 4.79 Å². The minimum atomic E-state index is -0.172. The average molecular weight is 321 g/mol. The van der Waals surface area contributed by atoms with E-state index in [2.05, 4.69) is 16.3 Å². The number of nitrogens with zero attached hydrogens (tertiary/aromatic N) is 2. The van der Waals surface area contributed by atoms with Crippen LogP contribution >= 0.6 is 0 Å². The molecule has 1 amide bonds. The fraction of sp³-hybridized carbons (Fsp3) is 0.368. The van der Waals surface area contributed by atoms with Crippen molar-refractivity contribution < 1.29 is 9.21 Å². The molecule has 0 saturated carbocycles. The lowest BCUT2D eigenvalue weighted by Gasteiger charge is -2.44. The molecular formula is C19H19N3O2. The van der Waals surface area contributed by atoms with Gasteiger partial charge in [0.15, 0.2) is 5.76 Å². The third kappa shape index (κ3) is 2.70. The van der Waals surface area contributed by atoms with E-state index in [1.54, 1.807) is 18.2 Å². The third-order valence-corrected chi connectivity index (χ3v) is 5.12. The second-order valence-electron chi connectivity index (χ2n) is 6.54. The fourth-order valence-corrected chi connectivity index (χ4v) is 3.77. The number of rotatable bonds is 3. The molecular weight excluding hydrogens is 302 g/mol. The van der Waals surface area contributed by atoms with Crippen molar-refractivity contribution in [3.63, 3.8) is 0 Å². The number of carbonyl (C=O) groups is 1. The average Bonchev–Trinajstić information content (AvgIpc) is 3.13. The van der Waals surface area contributed by atoms with E-state index in [0.29, 0.717) is 28.6 Å². The maximum Gasteiger partial charge on any atom is 0.287 e. The van der Waals surface area contributed by atoms with Crippen molar-refractivity contribution in [2.75, 3.05) is 19.6 Å². The van der Waals surface area contributed by atoms with Crippen LogP contribution in [-0.2, 0) is 0 Å². The van der Waals surface area contributed by atoms with Crippen molar-refractivity contribution >= 4 is 5.91 Å². The first-order chi connectivity index (χ1) is 11.7. The number of nitriles is 1. The molecule has 2 aromatic rings. The summed E-state index contributed by atoms with van der Waals surface area (Å²) < 4.78 is 5.72. The van der Waals surface area contributed by atoms with Crippen LogP contribution < -0.4 is 5.32 Å². The molecule has 0 radical (unpaired) electrons. The molecule has 3 aliphatic rings. The Balaban J connectivity index is 1.50. The molecule has 2 bridgehead atoms. The molecule has 1 aromatic carbocycles. The van der Waals surface area contributed by atoms with Crippen molar-refractivity contribution in [3.8, 4) is 17.4 Å². The van der Waals surface area contributed by atoms with Gasteiger partial charge in [0.1, 0.15) is 5.76 Å². The summed E-state index contributed by atoms with van der Waals surface area (Å²) >= 11 is 0. The number of piperidine rings is 3. The zero-order valence-corrected chi connectivity index (χ0v) is 13.4. The Morgan fingerprint density at radius 2 is 2.00 bits per heavy atom. The Labute approximate surface area is 140 Å². The summed E-state index contributed by atoms with van der Waals surface area (Å²) in [6, 6.07) is 13.0. The first kappa shape index (κ1) is 15.0. The lowest BCUT2D eigenvalue weighted by molar-refractivity contribution is 0.0606. The molecule has 0 aliphatic carbocycles. The summed E-state index contributed by atoms with van der Waals surface area (Å²) in [6.07, 6.45) is 2.31. The van der Waals surface area contributed by atoms with Gasteiger partial charge in [0, 0.05) is 18.2 Å². The van der Waals surface area contributed by atoms with Gasteiger partial charge in [-0.2, -0.15) is 5.26 Å². The topological polar surface area (TPSA) is 69.3 Å². The van der Waals surface area contributed by atoms with E-state index in [-0.39, 0.29) is 11.9 Å². The Kier molecular flexibility index (Phi) is 3.83. The number of benzene rings is 1. The predicted molar refractivity (Wildman–Crippen MR) is 89.3 cm³/mol. The van der Waals surface area contributed by atoms with Gasteiger partial charge in [0.2, 0.25) is 0 Å². The second kappa shape index (κ2) is 6.14. The Bertz CT molecular complexity index is 797. The Morgan fingerprint density at radius 3 is 2.71 bits per heavy atom. The zero-order chi connectivity index (χ0) is 16.5. The van der Waals surface area contributed by atoms with E-state index < -0.39 is 0 Å². The fourth-order valence-electron chi connectivity index (χ4n) is 3.77. The largest absolute Gasteiger partial charge is 0.451 e. The molecule has 0 spiro atoms. The van der Waals surface area contributed by atoms with E-state index in [4.69, 9.17) is 4.42 Å². The molecule has 3 fully saturated rings. The molecule has 1 N–H and O–H groups in total. The van der Waals surface area contributed by atoms with Crippen molar-refractivity contribution in [2.24, 2.45) is 5.92 Å². The lowest BCUT2D eigenvalue weighted by Crippen LogP contribution is -2.57. The molecule has 1 atom stereocenters. The highest BCUT2D eigenvalue weighted by Crippen LogP contribution is 2.28. The number of furan rings is 1. The maximum absolute atomic E-state index is 12.5. The minimum absolute atomic E-state index is 0.172. The Morgan fingerprint density at radius 1 is 1.21 bits per heavy atom. The van der Waals surface area contributed by atoms with Crippen LogP contribution in [0.3, 0.4) is 0 Å². The van der Waals surface area contributed by atoms with Gasteiger partial charge in [0.05, 0.1) is 11.6 Å². The molecule has 24 heavy (non-hydrogen) atoms. The monoisotopic (exact) mass is 321 g/mol. The normalized spacial score (nSPS) is 25.2. The number of hydrogen-bond acceptors (Lipinski definition) is 4. The molecule has 5 nitrogen and oxygen atoms in total. The van der Waals surface area contributed by atoms with Crippen LogP contribution in [-0.4, -0.2) is 36.5 Å². The van der Waals surface area contributed by atoms with E-state index >= 15 is 0 Å². The third-order valence-electron chi connectivity index (χ3n) is 5.12. The summed E-state index contributed by atoms with van der Waals surface area (Å²) in [6.45, 7) is 3.22. The predicted octanol–water partition coefficient (Wildman–Crippen LogP) is 2.64. The summed E-state index contributed by atoms with van der Waals surface area (Å²) in [4.78, 5) is 14.9. The van der Waals surface area contributed by atoms with E-state index in [1.807, 2.05) is 18.2 Å². The Hall–Kier alpha value is -2.58. The van der Waals surface area contributed by atoms with Gasteiger partial charge >= 0.3 is 0 Å². The molecule has 4 heterocycles. The SMILES string of the molecule is N#Cc1ccccc1-c1ccc(C(=O)NC2CN3CCC2CC3)o1. The molecule has 1 unspecified atom stereocenters. The highest BCUT2D eigenvalue weighted by atomic mass is 16.3. The quantitative estimate of drug-likeness (QED) is 0.943. The van der Waals surface area contributed by atoms with Crippen LogP contribution in [0.5, 0.6) is 0 Å². The van der Waals surface area contributed by atoms with Gasteiger partial charge in [-0.05, 0) is 56.1 Å². The molecule has 122 valence electrons. The minimum Gasteiger partial charge on any atom is -0.451 e. The van der Waals surface area contributed by atoms with Gasteiger partial charge in [0.25, 0.3) is 5.91 Å². The molecule has 5 rings (SSSR count). The first-order valence-electron chi connectivity index (χ1n) is 8.37. The standard InChI is InChI=1S/C19H19N3O2/c20-11-14-3-1-2-4-15(14)17-5-6-18(24-17)19(23)21-16-12-22-9-7-13(16)8-10-22/h1-6,13,16H,7-10,12H2,(H,21,23). The number of amides is 1. The molecule has 3 aliphatic heterocycles. The summed E-state index contributed by atoms with van der Waals surface area (Å²) in [5.41, 5.74) is 1.25.